The van der Waals surface area contributed by atoms with Crippen LogP contribution in [0.4, 0.5) is 0 Å². The zero-order chi connectivity index (χ0) is 14.7. The molecule has 2 heterocycles. The van der Waals surface area contributed by atoms with Crippen molar-refractivity contribution in [2.45, 2.75) is 12.6 Å². The van der Waals surface area contributed by atoms with Gasteiger partial charge in [-0.3, -0.25) is 4.79 Å². The van der Waals surface area contributed by atoms with Crippen molar-refractivity contribution in [1.82, 2.24) is 25.6 Å². The number of rotatable bonds is 5. The van der Waals surface area contributed by atoms with E-state index in [9.17, 15) is 4.79 Å². The molecule has 0 aliphatic carbocycles. The highest BCUT2D eigenvalue weighted by atomic mass is 16.5. The molecule has 21 heavy (non-hydrogen) atoms. The number of methoxy groups -OCH3 is 1. The second-order valence-electron chi connectivity index (χ2n) is 4.93. The summed E-state index contributed by atoms with van der Waals surface area (Å²) in [5.74, 6) is 0.575. The van der Waals surface area contributed by atoms with Gasteiger partial charge < -0.3 is 15.4 Å². The lowest BCUT2D eigenvalue weighted by atomic mass is 10.2. The van der Waals surface area contributed by atoms with E-state index in [4.69, 9.17) is 4.74 Å². The van der Waals surface area contributed by atoms with Crippen molar-refractivity contribution in [3.05, 3.63) is 41.7 Å². The molecule has 0 unspecified atom stereocenters. The van der Waals surface area contributed by atoms with E-state index >= 15 is 0 Å². The first-order valence-electron chi connectivity index (χ1n) is 6.80. The number of ether oxygens (including phenoxy) is 1. The maximum absolute atomic E-state index is 12.0. The summed E-state index contributed by atoms with van der Waals surface area (Å²) in [7, 11) is 1.62. The Morgan fingerprint density at radius 1 is 1.43 bits per heavy atom. The Bertz CT molecular complexity index is 619. The third-order valence-electron chi connectivity index (χ3n) is 3.49. The minimum absolute atomic E-state index is 0.218. The molecule has 2 N–H and O–H groups in total. The van der Waals surface area contributed by atoms with Gasteiger partial charge >= 0.3 is 0 Å². The molecule has 1 aliphatic rings. The minimum atomic E-state index is -0.218. The first-order valence-corrected chi connectivity index (χ1v) is 6.80. The van der Waals surface area contributed by atoms with E-state index in [2.05, 4.69) is 20.9 Å². The summed E-state index contributed by atoms with van der Waals surface area (Å²) in [6.07, 6.45) is 1.69. The lowest BCUT2D eigenvalue weighted by Gasteiger charge is -2.26. The average Bonchev–Trinajstić information content (AvgIpc) is 2.93. The monoisotopic (exact) mass is 287 g/mol. The van der Waals surface area contributed by atoms with Crippen LogP contribution in [0.15, 0.2) is 30.5 Å². The average molecular weight is 287 g/mol. The van der Waals surface area contributed by atoms with Crippen LogP contribution in [0.2, 0.25) is 0 Å². The van der Waals surface area contributed by atoms with Crippen LogP contribution in [0.5, 0.6) is 5.75 Å². The molecule has 1 fully saturated rings. The molecule has 7 heteroatoms. The van der Waals surface area contributed by atoms with Crippen molar-refractivity contribution in [3.8, 4) is 5.75 Å². The fourth-order valence-electron chi connectivity index (χ4n) is 2.04. The van der Waals surface area contributed by atoms with Crippen LogP contribution in [0.25, 0.3) is 0 Å². The first-order chi connectivity index (χ1) is 10.3. The van der Waals surface area contributed by atoms with Crippen LogP contribution in [0.1, 0.15) is 22.1 Å². The van der Waals surface area contributed by atoms with Crippen LogP contribution >= 0.6 is 0 Å². The first kappa shape index (κ1) is 13.6. The predicted octanol–water partition coefficient (Wildman–Crippen LogP) is 0.361. The van der Waals surface area contributed by atoms with Crippen LogP contribution < -0.4 is 15.4 Å². The number of nitrogens with zero attached hydrogens (tertiary/aromatic N) is 3. The Morgan fingerprint density at radius 2 is 2.19 bits per heavy atom. The molecule has 1 amide bonds. The summed E-state index contributed by atoms with van der Waals surface area (Å²) in [5, 5.41) is 13.9. The second-order valence-corrected chi connectivity index (χ2v) is 4.93. The lowest BCUT2D eigenvalue weighted by Crippen LogP contribution is -2.43. The van der Waals surface area contributed by atoms with Gasteiger partial charge in [0.05, 0.1) is 19.3 Å². The van der Waals surface area contributed by atoms with Gasteiger partial charge in [0.1, 0.15) is 5.75 Å². The van der Waals surface area contributed by atoms with Crippen LogP contribution in [0.3, 0.4) is 0 Å². The quantitative estimate of drug-likeness (QED) is 0.830. The number of benzene rings is 1. The van der Waals surface area contributed by atoms with Gasteiger partial charge in [0.25, 0.3) is 5.91 Å². The molecule has 1 aliphatic heterocycles. The van der Waals surface area contributed by atoms with E-state index in [0.29, 0.717) is 18.3 Å². The number of amides is 1. The summed E-state index contributed by atoms with van der Waals surface area (Å²) in [4.78, 5) is 12.0. The zero-order valence-corrected chi connectivity index (χ0v) is 11.7. The summed E-state index contributed by atoms with van der Waals surface area (Å²) in [5.41, 5.74) is 1.34. The molecular weight excluding hydrogens is 270 g/mol. The van der Waals surface area contributed by atoms with E-state index in [1.165, 1.54) is 0 Å². The van der Waals surface area contributed by atoms with Gasteiger partial charge in [-0.15, -0.1) is 5.10 Å². The number of carbonyl (C=O) groups is 1. The van der Waals surface area contributed by atoms with Crippen LogP contribution in [-0.2, 0) is 6.54 Å². The molecule has 1 saturated heterocycles. The molecule has 0 spiro atoms. The van der Waals surface area contributed by atoms with Gasteiger partial charge in [0, 0.05) is 19.6 Å². The summed E-state index contributed by atoms with van der Waals surface area (Å²) < 4.78 is 6.83. The molecule has 0 radical (unpaired) electrons. The van der Waals surface area contributed by atoms with Gasteiger partial charge in [0.15, 0.2) is 5.69 Å². The Balaban J connectivity index is 1.56. The number of hydrogen-bond acceptors (Lipinski definition) is 5. The summed E-state index contributed by atoms with van der Waals surface area (Å²) in [6, 6.07) is 7.86. The third kappa shape index (κ3) is 3.03. The van der Waals surface area contributed by atoms with E-state index in [0.717, 1.165) is 24.4 Å². The Labute approximate surface area is 122 Å². The molecule has 110 valence electrons. The largest absolute Gasteiger partial charge is 0.497 e. The highest BCUT2D eigenvalue weighted by Crippen LogP contribution is 2.12. The molecule has 2 aromatic rings. The topological polar surface area (TPSA) is 81.1 Å². The van der Waals surface area contributed by atoms with Gasteiger partial charge in [0.2, 0.25) is 0 Å². The zero-order valence-electron chi connectivity index (χ0n) is 11.7. The molecular formula is C14H17N5O2. The fourth-order valence-corrected chi connectivity index (χ4v) is 2.04. The van der Waals surface area contributed by atoms with Crippen molar-refractivity contribution in [1.29, 1.82) is 0 Å². The second kappa shape index (κ2) is 5.92. The van der Waals surface area contributed by atoms with E-state index < -0.39 is 0 Å². The normalized spacial score (nSPS) is 14.5. The van der Waals surface area contributed by atoms with Gasteiger partial charge in [-0.2, -0.15) is 0 Å². The van der Waals surface area contributed by atoms with Crippen molar-refractivity contribution >= 4 is 5.91 Å². The standard InChI is InChI=1S/C14H17N5O2/c1-21-12-4-2-10(3-5-12)6-16-14(20)13-9-19(18-17-13)11-7-15-8-11/h2-5,9,11,15H,6-8H2,1H3,(H,16,20). The maximum Gasteiger partial charge on any atom is 0.273 e. The maximum atomic E-state index is 12.0. The molecule has 7 nitrogen and oxygen atoms in total. The van der Waals surface area contributed by atoms with E-state index in [1.54, 1.807) is 18.0 Å². The van der Waals surface area contributed by atoms with Crippen molar-refractivity contribution in [2.24, 2.45) is 0 Å². The number of hydrogen-bond donors (Lipinski definition) is 2. The molecule has 1 aromatic heterocycles. The van der Waals surface area contributed by atoms with E-state index in [-0.39, 0.29) is 5.91 Å². The van der Waals surface area contributed by atoms with Crippen molar-refractivity contribution < 1.29 is 9.53 Å². The minimum Gasteiger partial charge on any atom is -0.497 e. The number of carbonyl (C=O) groups excluding carboxylic acids is 1. The highest BCUT2D eigenvalue weighted by Gasteiger charge is 2.21. The Morgan fingerprint density at radius 3 is 2.81 bits per heavy atom. The SMILES string of the molecule is COc1ccc(CNC(=O)c2cn(C3CNC3)nn2)cc1. The molecule has 3 rings (SSSR count). The van der Waals surface area contributed by atoms with Gasteiger partial charge in [-0.05, 0) is 17.7 Å². The van der Waals surface area contributed by atoms with E-state index in [1.807, 2.05) is 24.3 Å². The number of nitrogens with one attached hydrogen (secondary N) is 2. The number of aromatic nitrogens is 3. The Hall–Kier alpha value is -2.41. The van der Waals surface area contributed by atoms with Crippen LogP contribution in [-0.4, -0.2) is 41.1 Å². The third-order valence-corrected chi connectivity index (χ3v) is 3.49. The highest BCUT2D eigenvalue weighted by molar-refractivity contribution is 5.91. The molecule has 0 saturated carbocycles. The Kier molecular flexibility index (Phi) is 3.83. The van der Waals surface area contributed by atoms with Gasteiger partial charge in [-0.25, -0.2) is 4.68 Å². The molecule has 0 bridgehead atoms. The van der Waals surface area contributed by atoms with Crippen molar-refractivity contribution in [2.75, 3.05) is 20.2 Å². The predicted molar refractivity (Wildman–Crippen MR) is 76.1 cm³/mol. The van der Waals surface area contributed by atoms with Crippen molar-refractivity contribution in [3.63, 3.8) is 0 Å². The fraction of sp³-hybridized carbons (Fsp3) is 0.357. The molecule has 0 atom stereocenters. The van der Waals surface area contributed by atoms with Gasteiger partial charge in [-0.1, -0.05) is 17.3 Å². The molecule has 1 aromatic carbocycles. The lowest BCUT2D eigenvalue weighted by molar-refractivity contribution is 0.0946. The summed E-state index contributed by atoms with van der Waals surface area (Å²) in [6.45, 7) is 2.19. The summed E-state index contributed by atoms with van der Waals surface area (Å²) >= 11 is 0. The smallest absolute Gasteiger partial charge is 0.273 e. The van der Waals surface area contributed by atoms with Crippen LogP contribution in [0, 0.1) is 0 Å².